The Bertz CT molecular complexity index is 648. The third kappa shape index (κ3) is 4.73. The van der Waals surface area contributed by atoms with Gasteiger partial charge in [0.15, 0.2) is 0 Å². The number of nitrogens with zero attached hydrogens (tertiary/aromatic N) is 2. The molecule has 0 aromatic heterocycles. The predicted octanol–water partition coefficient (Wildman–Crippen LogP) is 3.22. The van der Waals surface area contributed by atoms with Crippen LogP contribution < -0.4 is 10.9 Å². The summed E-state index contributed by atoms with van der Waals surface area (Å²) in [5, 5.41) is 5.51. The van der Waals surface area contributed by atoms with Crippen molar-refractivity contribution < 1.29 is 0 Å². The third-order valence-corrected chi connectivity index (χ3v) is 3.44. The first kappa shape index (κ1) is 15.3. The van der Waals surface area contributed by atoms with Gasteiger partial charge in [0.25, 0.3) is 0 Å². The van der Waals surface area contributed by atoms with E-state index in [0.29, 0.717) is 12.3 Å². The number of benzene rings is 2. The molecule has 0 bridgehead atoms. The molecule has 108 valence electrons. The van der Waals surface area contributed by atoms with Crippen LogP contribution in [0.15, 0.2) is 63.4 Å². The molecule has 0 atom stereocenters. The standard InChI is InChI=1S/C16H18N4S/c1-12-3-2-4-13(9-12)10-16(19-11-17)20-14-5-7-15(21-18)8-6-14/h2-9,11H,10,18H2,1H3,(H2,17,19,20). The predicted molar refractivity (Wildman–Crippen MR) is 91.1 cm³/mol. The fourth-order valence-corrected chi connectivity index (χ4v) is 2.25. The minimum atomic E-state index is 0.642. The fourth-order valence-electron chi connectivity index (χ4n) is 1.95. The van der Waals surface area contributed by atoms with Crippen LogP contribution in [0.1, 0.15) is 11.1 Å². The van der Waals surface area contributed by atoms with E-state index in [4.69, 9.17) is 10.9 Å². The highest BCUT2D eigenvalue weighted by molar-refractivity contribution is 7.97. The molecule has 0 radical (unpaired) electrons. The molecule has 5 heteroatoms. The van der Waals surface area contributed by atoms with E-state index < -0.39 is 0 Å². The molecule has 0 unspecified atom stereocenters. The second kappa shape index (κ2) is 7.61. The second-order valence-corrected chi connectivity index (χ2v) is 5.29. The van der Waals surface area contributed by atoms with E-state index in [9.17, 15) is 0 Å². The van der Waals surface area contributed by atoms with Crippen LogP contribution in [0.25, 0.3) is 0 Å². The van der Waals surface area contributed by atoms with Crippen molar-refractivity contribution in [2.45, 2.75) is 18.2 Å². The summed E-state index contributed by atoms with van der Waals surface area (Å²) in [5.74, 6) is 0.677. The van der Waals surface area contributed by atoms with E-state index in [0.717, 1.165) is 16.1 Å². The van der Waals surface area contributed by atoms with E-state index in [1.165, 1.54) is 23.8 Å². The first-order valence-electron chi connectivity index (χ1n) is 6.55. The van der Waals surface area contributed by atoms with Crippen LogP contribution in [0.4, 0.5) is 5.69 Å². The minimum absolute atomic E-state index is 0.642. The monoisotopic (exact) mass is 298 g/mol. The summed E-state index contributed by atoms with van der Waals surface area (Å²) < 4.78 is 0. The largest absolute Gasteiger partial charge is 0.390 e. The second-order valence-electron chi connectivity index (χ2n) is 4.58. The number of aryl methyl sites for hydroxylation is 1. The van der Waals surface area contributed by atoms with Crippen molar-refractivity contribution in [3.05, 3.63) is 59.7 Å². The topological polar surface area (TPSA) is 76.8 Å². The van der Waals surface area contributed by atoms with Crippen LogP contribution >= 0.6 is 11.9 Å². The van der Waals surface area contributed by atoms with Gasteiger partial charge in [-0.15, -0.1) is 0 Å². The first-order chi connectivity index (χ1) is 10.2. The van der Waals surface area contributed by atoms with Gasteiger partial charge < -0.3 is 5.73 Å². The highest BCUT2D eigenvalue weighted by Gasteiger charge is 2.01. The Morgan fingerprint density at radius 3 is 2.57 bits per heavy atom. The molecule has 21 heavy (non-hydrogen) atoms. The number of hydrogen-bond donors (Lipinski definition) is 2. The molecule has 0 spiro atoms. The van der Waals surface area contributed by atoms with Gasteiger partial charge in [-0.1, -0.05) is 29.8 Å². The van der Waals surface area contributed by atoms with Crippen molar-refractivity contribution in [2.24, 2.45) is 20.9 Å². The third-order valence-electron chi connectivity index (χ3n) is 2.90. The van der Waals surface area contributed by atoms with Gasteiger partial charge in [-0.2, -0.15) is 0 Å². The lowest BCUT2D eigenvalue weighted by Crippen LogP contribution is -2.03. The molecule has 0 heterocycles. The molecule has 4 nitrogen and oxygen atoms in total. The molecule has 2 aromatic rings. The first-order valence-corrected chi connectivity index (χ1v) is 7.43. The van der Waals surface area contributed by atoms with Gasteiger partial charge in [0.1, 0.15) is 5.84 Å². The van der Waals surface area contributed by atoms with Crippen molar-refractivity contribution >= 4 is 29.8 Å². The Balaban J connectivity index is 2.22. The summed E-state index contributed by atoms with van der Waals surface area (Å²) in [5.41, 5.74) is 8.63. The molecule has 0 amide bonds. The summed E-state index contributed by atoms with van der Waals surface area (Å²) in [4.78, 5) is 9.69. The number of rotatable bonds is 4. The van der Waals surface area contributed by atoms with Crippen LogP contribution in [0.5, 0.6) is 0 Å². The number of nitrogens with two attached hydrogens (primary N) is 2. The molecular weight excluding hydrogens is 280 g/mol. The average molecular weight is 298 g/mol. The van der Waals surface area contributed by atoms with E-state index in [1.807, 2.05) is 30.3 Å². The van der Waals surface area contributed by atoms with Gasteiger partial charge in [0, 0.05) is 11.3 Å². The maximum Gasteiger partial charge on any atom is 0.135 e. The maximum absolute atomic E-state index is 5.51. The SMILES string of the molecule is Cc1cccc(CC(N=CN)=Nc2ccc(SN)cc2)c1. The Labute approximate surface area is 129 Å². The average Bonchev–Trinajstić information content (AvgIpc) is 2.48. The normalized spacial score (nSPS) is 12.0. The van der Waals surface area contributed by atoms with E-state index in [1.54, 1.807) is 0 Å². The Morgan fingerprint density at radius 2 is 1.95 bits per heavy atom. The van der Waals surface area contributed by atoms with Crippen LogP contribution in [-0.2, 0) is 6.42 Å². The molecule has 0 saturated carbocycles. The van der Waals surface area contributed by atoms with Crippen LogP contribution in [0.3, 0.4) is 0 Å². The Kier molecular flexibility index (Phi) is 5.54. The molecular formula is C16H18N4S. The fraction of sp³-hybridized carbons (Fsp3) is 0.125. The summed E-state index contributed by atoms with van der Waals surface area (Å²) in [6.45, 7) is 2.07. The molecule has 0 aliphatic carbocycles. The lowest BCUT2D eigenvalue weighted by Gasteiger charge is -2.04. The molecule has 2 aromatic carbocycles. The van der Waals surface area contributed by atoms with Gasteiger partial charge in [-0.3, -0.25) is 5.14 Å². The highest BCUT2D eigenvalue weighted by Crippen LogP contribution is 2.19. The summed E-state index contributed by atoms with van der Waals surface area (Å²) in [7, 11) is 0. The molecule has 0 saturated heterocycles. The molecule has 0 aliphatic heterocycles. The van der Waals surface area contributed by atoms with Crippen molar-refractivity contribution in [3.8, 4) is 0 Å². The lowest BCUT2D eigenvalue weighted by molar-refractivity contribution is 1.25. The summed E-state index contributed by atoms with van der Waals surface area (Å²) in [6, 6.07) is 16.0. The zero-order valence-electron chi connectivity index (χ0n) is 11.9. The lowest BCUT2D eigenvalue weighted by atomic mass is 10.1. The van der Waals surface area contributed by atoms with Crippen molar-refractivity contribution in [1.29, 1.82) is 0 Å². The zero-order valence-corrected chi connectivity index (χ0v) is 12.7. The highest BCUT2D eigenvalue weighted by atomic mass is 32.2. The van der Waals surface area contributed by atoms with Gasteiger partial charge in [0.05, 0.1) is 12.0 Å². The number of hydrogen-bond acceptors (Lipinski definition) is 3. The van der Waals surface area contributed by atoms with Gasteiger partial charge in [-0.25, -0.2) is 9.98 Å². The van der Waals surface area contributed by atoms with Crippen molar-refractivity contribution in [2.75, 3.05) is 0 Å². The van der Waals surface area contributed by atoms with Gasteiger partial charge in [0.2, 0.25) is 0 Å². The van der Waals surface area contributed by atoms with Crippen molar-refractivity contribution in [3.63, 3.8) is 0 Å². The minimum Gasteiger partial charge on any atom is -0.390 e. The zero-order chi connectivity index (χ0) is 15.1. The molecule has 4 N–H and O–H groups in total. The van der Waals surface area contributed by atoms with Crippen LogP contribution in [0.2, 0.25) is 0 Å². The summed E-state index contributed by atoms with van der Waals surface area (Å²) in [6.07, 6.45) is 1.92. The smallest absolute Gasteiger partial charge is 0.135 e. The quantitative estimate of drug-likeness (QED) is 0.517. The van der Waals surface area contributed by atoms with Gasteiger partial charge >= 0.3 is 0 Å². The molecule has 0 aliphatic rings. The molecule has 2 rings (SSSR count). The number of aliphatic imine (C=N–C) groups is 2. The van der Waals surface area contributed by atoms with Crippen molar-refractivity contribution in [1.82, 2.24) is 0 Å². The van der Waals surface area contributed by atoms with E-state index in [2.05, 4.69) is 35.1 Å². The van der Waals surface area contributed by atoms with Crippen LogP contribution in [0, 0.1) is 6.92 Å². The van der Waals surface area contributed by atoms with E-state index >= 15 is 0 Å². The summed E-state index contributed by atoms with van der Waals surface area (Å²) >= 11 is 1.21. The Morgan fingerprint density at radius 1 is 1.19 bits per heavy atom. The Hall–Kier alpha value is -2.11. The van der Waals surface area contributed by atoms with Gasteiger partial charge in [-0.05, 0) is 48.7 Å². The maximum atomic E-state index is 5.51. The number of amidine groups is 1. The molecule has 0 fully saturated rings. The van der Waals surface area contributed by atoms with Crippen LogP contribution in [-0.4, -0.2) is 12.2 Å². The van der Waals surface area contributed by atoms with E-state index in [-0.39, 0.29) is 0 Å².